The van der Waals surface area contributed by atoms with Gasteiger partial charge in [-0.2, -0.15) is 0 Å². The topological polar surface area (TPSA) is 138 Å². The fourth-order valence-electron chi connectivity index (χ4n) is 3.85. The van der Waals surface area contributed by atoms with Crippen LogP contribution in [0.3, 0.4) is 0 Å². The van der Waals surface area contributed by atoms with Gasteiger partial charge in [0.1, 0.15) is 5.69 Å². The van der Waals surface area contributed by atoms with Crippen LogP contribution in [0.1, 0.15) is 49.2 Å². The molecule has 3 atom stereocenters. The minimum Gasteiger partial charge on any atom is -0.391 e. The molecular formula is C26H31ClN4O4. The van der Waals surface area contributed by atoms with Crippen molar-refractivity contribution in [3.63, 3.8) is 0 Å². The van der Waals surface area contributed by atoms with E-state index in [9.17, 15) is 19.8 Å². The molecule has 9 heteroatoms. The molecule has 5 N–H and O–H groups in total. The number of nitrogens with one attached hydrogen (secondary N) is 1. The highest BCUT2D eigenvalue weighted by Crippen LogP contribution is 2.23. The predicted molar refractivity (Wildman–Crippen MR) is 135 cm³/mol. The zero-order chi connectivity index (χ0) is 25.6. The van der Waals surface area contributed by atoms with Gasteiger partial charge in [0.05, 0.1) is 35.0 Å². The van der Waals surface area contributed by atoms with Gasteiger partial charge in [-0.3, -0.25) is 14.6 Å². The van der Waals surface area contributed by atoms with E-state index in [0.29, 0.717) is 28.9 Å². The number of aliphatic hydroxyl groups excluding tert-OH is 1. The van der Waals surface area contributed by atoms with E-state index in [2.05, 4.69) is 15.3 Å². The van der Waals surface area contributed by atoms with Crippen LogP contribution in [-0.4, -0.2) is 49.7 Å². The average molecular weight is 499 g/mol. The second-order valence-corrected chi connectivity index (χ2v) is 9.78. The maximum Gasteiger partial charge on any atom is 0.271 e. The molecule has 0 spiro atoms. The number of nitrogens with two attached hydrogens (primary N) is 1. The molecule has 3 aromatic rings. The number of para-hydroxylation sites is 2. The molecule has 0 aliphatic heterocycles. The Hall–Kier alpha value is -3.07. The molecular weight excluding hydrogens is 468 g/mol. The Kier molecular flexibility index (Phi) is 8.77. The van der Waals surface area contributed by atoms with Crippen LogP contribution >= 0.6 is 11.6 Å². The number of halogens is 1. The van der Waals surface area contributed by atoms with Gasteiger partial charge in [-0.1, -0.05) is 41.9 Å². The Bertz CT molecular complexity index is 1180. The molecule has 0 fully saturated rings. The standard InChI is InChI=1S/C26H31ClN4O4/c1-26(2,35)12-11-17(24(28)33)14-23(32)21(13-16-7-3-4-8-18(16)27)31-25(34)22-15-29-19-9-5-6-10-20(19)30-22/h3-10,15,17,21,23,32,35H,11-14H2,1-2H3,(H2,28,33)(H,31,34)/t17-,21-,23-/m0/s1. The van der Waals surface area contributed by atoms with Crippen molar-refractivity contribution in [2.45, 2.75) is 57.3 Å². The third-order valence-electron chi connectivity index (χ3n) is 5.89. The van der Waals surface area contributed by atoms with E-state index in [-0.39, 0.29) is 18.5 Å². The minimum atomic E-state index is -1.11. The summed E-state index contributed by atoms with van der Waals surface area (Å²) in [4.78, 5) is 33.8. The Morgan fingerprint density at radius 1 is 1.11 bits per heavy atom. The molecule has 0 unspecified atom stereocenters. The summed E-state index contributed by atoms with van der Waals surface area (Å²) in [5, 5.41) is 24.5. The first-order valence-corrected chi connectivity index (χ1v) is 11.9. The number of hydrogen-bond donors (Lipinski definition) is 4. The van der Waals surface area contributed by atoms with Gasteiger partial charge in [0.2, 0.25) is 5.91 Å². The Morgan fingerprint density at radius 3 is 2.43 bits per heavy atom. The van der Waals surface area contributed by atoms with Crippen molar-refractivity contribution in [1.82, 2.24) is 15.3 Å². The first-order chi connectivity index (χ1) is 16.5. The van der Waals surface area contributed by atoms with E-state index in [0.717, 1.165) is 5.56 Å². The van der Waals surface area contributed by atoms with Crippen molar-refractivity contribution >= 4 is 34.4 Å². The molecule has 0 aliphatic carbocycles. The summed E-state index contributed by atoms with van der Waals surface area (Å²) in [5.74, 6) is -1.76. The van der Waals surface area contributed by atoms with E-state index in [1.165, 1.54) is 6.20 Å². The maximum atomic E-state index is 13.1. The summed E-state index contributed by atoms with van der Waals surface area (Å²) >= 11 is 6.33. The first-order valence-electron chi connectivity index (χ1n) is 11.5. The fraction of sp³-hybridized carbons (Fsp3) is 0.385. The lowest BCUT2D eigenvalue weighted by atomic mass is 9.87. The lowest BCUT2D eigenvalue weighted by Gasteiger charge is -2.28. The van der Waals surface area contributed by atoms with Crippen molar-refractivity contribution in [2.75, 3.05) is 0 Å². The summed E-state index contributed by atoms with van der Waals surface area (Å²) in [7, 11) is 0. The third kappa shape index (κ3) is 7.71. The van der Waals surface area contributed by atoms with E-state index in [1.807, 2.05) is 18.2 Å². The summed E-state index contributed by atoms with van der Waals surface area (Å²) in [6, 6.07) is 13.6. The van der Waals surface area contributed by atoms with Crippen LogP contribution in [0.15, 0.2) is 54.7 Å². The van der Waals surface area contributed by atoms with Gasteiger partial charge >= 0.3 is 0 Å². The van der Waals surface area contributed by atoms with Crippen molar-refractivity contribution in [3.8, 4) is 0 Å². The molecule has 2 amide bonds. The molecule has 0 aliphatic rings. The third-order valence-corrected chi connectivity index (χ3v) is 6.26. The molecule has 0 radical (unpaired) electrons. The second kappa shape index (κ2) is 11.6. The lowest BCUT2D eigenvalue weighted by molar-refractivity contribution is -0.123. The number of nitrogens with zero attached hydrogens (tertiary/aromatic N) is 2. The highest BCUT2D eigenvalue weighted by Gasteiger charge is 2.29. The molecule has 8 nitrogen and oxygen atoms in total. The van der Waals surface area contributed by atoms with Crippen molar-refractivity contribution < 1.29 is 19.8 Å². The van der Waals surface area contributed by atoms with Gasteiger partial charge in [0.25, 0.3) is 5.91 Å². The maximum absolute atomic E-state index is 13.1. The molecule has 2 aromatic carbocycles. The molecule has 1 aromatic heterocycles. The molecule has 0 saturated heterocycles. The van der Waals surface area contributed by atoms with Gasteiger partial charge < -0.3 is 21.3 Å². The number of benzene rings is 2. The zero-order valence-electron chi connectivity index (χ0n) is 19.8. The molecule has 0 bridgehead atoms. The monoisotopic (exact) mass is 498 g/mol. The number of hydrogen-bond acceptors (Lipinski definition) is 6. The largest absolute Gasteiger partial charge is 0.391 e. The van der Waals surface area contributed by atoms with Crippen molar-refractivity contribution in [2.24, 2.45) is 11.7 Å². The molecule has 35 heavy (non-hydrogen) atoms. The number of primary amides is 1. The highest BCUT2D eigenvalue weighted by atomic mass is 35.5. The molecule has 0 saturated carbocycles. The number of aromatic nitrogens is 2. The van der Waals surface area contributed by atoms with Crippen LogP contribution in [0.2, 0.25) is 5.02 Å². The fourth-order valence-corrected chi connectivity index (χ4v) is 4.07. The SMILES string of the molecule is CC(C)(O)CC[C@@H](C[C@H](O)[C@H](Cc1ccccc1Cl)NC(=O)c1cnc2ccccc2n1)C(N)=O. The van der Waals surface area contributed by atoms with Crippen LogP contribution < -0.4 is 11.1 Å². The van der Waals surface area contributed by atoms with Crippen LogP contribution in [0, 0.1) is 5.92 Å². The summed E-state index contributed by atoms with van der Waals surface area (Å²) in [6.07, 6.45) is 1.16. The summed E-state index contributed by atoms with van der Waals surface area (Å²) in [6.45, 7) is 3.29. The summed E-state index contributed by atoms with van der Waals surface area (Å²) < 4.78 is 0. The zero-order valence-corrected chi connectivity index (χ0v) is 20.6. The van der Waals surface area contributed by atoms with E-state index < -0.39 is 35.5 Å². The van der Waals surface area contributed by atoms with Gasteiger partial charge in [-0.05, 0) is 63.3 Å². The lowest BCUT2D eigenvalue weighted by Crippen LogP contribution is -2.46. The highest BCUT2D eigenvalue weighted by molar-refractivity contribution is 6.31. The van der Waals surface area contributed by atoms with Crippen molar-refractivity contribution in [1.29, 1.82) is 0 Å². The van der Waals surface area contributed by atoms with Crippen LogP contribution in [-0.2, 0) is 11.2 Å². The predicted octanol–water partition coefficient (Wildman–Crippen LogP) is 3.03. The molecule has 1 heterocycles. The Morgan fingerprint density at radius 2 is 1.77 bits per heavy atom. The van der Waals surface area contributed by atoms with E-state index in [4.69, 9.17) is 17.3 Å². The van der Waals surface area contributed by atoms with Crippen LogP contribution in [0.4, 0.5) is 0 Å². The van der Waals surface area contributed by atoms with E-state index >= 15 is 0 Å². The van der Waals surface area contributed by atoms with Gasteiger partial charge in [0, 0.05) is 10.9 Å². The minimum absolute atomic E-state index is 0.0181. The first kappa shape index (κ1) is 26.5. The van der Waals surface area contributed by atoms with Gasteiger partial charge in [-0.25, -0.2) is 4.98 Å². The normalized spacial score (nSPS) is 14.3. The van der Waals surface area contributed by atoms with Crippen LogP contribution in [0.5, 0.6) is 0 Å². The summed E-state index contributed by atoms with van der Waals surface area (Å²) in [5.41, 5.74) is 6.67. The van der Waals surface area contributed by atoms with Crippen LogP contribution in [0.25, 0.3) is 11.0 Å². The molecule has 3 rings (SSSR count). The quantitative estimate of drug-likeness (QED) is 0.320. The number of rotatable bonds is 11. The number of carbonyl (C=O) groups is 2. The Labute approximate surface area is 209 Å². The average Bonchev–Trinajstić information content (AvgIpc) is 2.81. The number of amides is 2. The number of aliphatic hydroxyl groups is 2. The van der Waals surface area contributed by atoms with E-state index in [1.54, 1.807) is 44.2 Å². The van der Waals surface area contributed by atoms with Gasteiger partial charge in [-0.15, -0.1) is 0 Å². The van der Waals surface area contributed by atoms with Gasteiger partial charge in [0.15, 0.2) is 0 Å². The smallest absolute Gasteiger partial charge is 0.271 e. The number of carbonyl (C=O) groups excluding carboxylic acids is 2. The Balaban J connectivity index is 1.82. The van der Waals surface area contributed by atoms with Crippen molar-refractivity contribution in [3.05, 3.63) is 71.0 Å². The molecule has 186 valence electrons. The number of fused-ring (bicyclic) bond motifs is 1. The second-order valence-electron chi connectivity index (χ2n) is 9.37.